The Bertz CT molecular complexity index is 179. The molecule has 0 aromatic rings. The maximum Gasteiger partial charge on any atom is 0.259 e. The molecule has 1 aliphatic carbocycles. The van der Waals surface area contributed by atoms with Gasteiger partial charge in [-0.15, -0.1) is 0 Å². The van der Waals surface area contributed by atoms with Crippen LogP contribution in [0, 0.1) is 5.92 Å². The van der Waals surface area contributed by atoms with E-state index >= 15 is 0 Å². The lowest BCUT2D eigenvalue weighted by atomic mass is 9.80. The highest BCUT2D eigenvalue weighted by molar-refractivity contribution is 5.80. The predicted molar refractivity (Wildman–Crippen MR) is 36.4 cm³/mol. The molecule has 0 spiro atoms. The van der Waals surface area contributed by atoms with E-state index in [-0.39, 0.29) is 6.42 Å². The molecule has 0 bridgehead atoms. The van der Waals surface area contributed by atoms with Gasteiger partial charge in [0.1, 0.15) is 5.92 Å². The van der Waals surface area contributed by atoms with Crippen LogP contribution in [0.25, 0.3) is 0 Å². The molecular formula is C7H11F2NO. The van der Waals surface area contributed by atoms with Crippen molar-refractivity contribution in [2.45, 2.75) is 18.8 Å². The van der Waals surface area contributed by atoms with Gasteiger partial charge < -0.3 is 4.90 Å². The van der Waals surface area contributed by atoms with Crippen LogP contribution in [0.2, 0.25) is 0 Å². The standard InChI is InChI=1S/C7H11F2NO/c1-10(2)6(11)5-3-4-7(5,8)9/h5H,3-4H2,1-2H3. The van der Waals surface area contributed by atoms with Crippen LogP contribution in [-0.2, 0) is 4.79 Å². The molecule has 1 unspecified atom stereocenters. The summed E-state index contributed by atoms with van der Waals surface area (Å²) in [5.41, 5.74) is 0. The van der Waals surface area contributed by atoms with E-state index in [2.05, 4.69) is 0 Å². The average molecular weight is 163 g/mol. The fourth-order valence-corrected chi connectivity index (χ4v) is 1.12. The van der Waals surface area contributed by atoms with Gasteiger partial charge in [-0.3, -0.25) is 4.79 Å². The van der Waals surface area contributed by atoms with Gasteiger partial charge in [0.25, 0.3) is 5.92 Å². The molecule has 0 aromatic heterocycles. The molecule has 1 saturated carbocycles. The summed E-state index contributed by atoms with van der Waals surface area (Å²) in [6.07, 6.45) is 0.182. The first kappa shape index (κ1) is 8.43. The Kier molecular flexibility index (Phi) is 1.86. The highest BCUT2D eigenvalue weighted by Gasteiger charge is 2.52. The lowest BCUT2D eigenvalue weighted by Gasteiger charge is -2.36. The van der Waals surface area contributed by atoms with Crippen molar-refractivity contribution in [2.24, 2.45) is 5.92 Å². The molecule has 0 aliphatic heterocycles. The van der Waals surface area contributed by atoms with E-state index in [4.69, 9.17) is 0 Å². The third-order valence-corrected chi connectivity index (χ3v) is 2.02. The second-order valence-electron chi connectivity index (χ2n) is 3.08. The van der Waals surface area contributed by atoms with Gasteiger partial charge >= 0.3 is 0 Å². The topological polar surface area (TPSA) is 20.3 Å². The summed E-state index contributed by atoms with van der Waals surface area (Å²) >= 11 is 0. The number of carbonyl (C=O) groups is 1. The van der Waals surface area contributed by atoms with Gasteiger partial charge in [-0.05, 0) is 6.42 Å². The zero-order chi connectivity index (χ0) is 8.65. The van der Waals surface area contributed by atoms with Gasteiger partial charge in [0.05, 0.1) is 0 Å². The van der Waals surface area contributed by atoms with Crippen molar-refractivity contribution in [2.75, 3.05) is 14.1 Å². The molecule has 0 aromatic carbocycles. The molecule has 11 heavy (non-hydrogen) atoms. The minimum atomic E-state index is -2.75. The fourth-order valence-electron chi connectivity index (χ4n) is 1.12. The van der Waals surface area contributed by atoms with Crippen molar-refractivity contribution in [3.05, 3.63) is 0 Å². The van der Waals surface area contributed by atoms with Crippen LogP contribution < -0.4 is 0 Å². The van der Waals surface area contributed by atoms with Crippen LogP contribution in [0.5, 0.6) is 0 Å². The summed E-state index contributed by atoms with van der Waals surface area (Å²) in [4.78, 5) is 12.2. The summed E-state index contributed by atoms with van der Waals surface area (Å²) in [5.74, 6) is -4.26. The molecular weight excluding hydrogens is 152 g/mol. The minimum Gasteiger partial charge on any atom is -0.348 e. The second-order valence-corrected chi connectivity index (χ2v) is 3.08. The number of hydrogen-bond acceptors (Lipinski definition) is 1. The van der Waals surface area contributed by atoms with E-state index < -0.39 is 17.7 Å². The Labute approximate surface area is 64.2 Å². The molecule has 64 valence electrons. The van der Waals surface area contributed by atoms with E-state index in [0.29, 0.717) is 6.42 Å². The van der Waals surface area contributed by atoms with Crippen LogP contribution >= 0.6 is 0 Å². The normalized spacial score (nSPS) is 27.5. The number of rotatable bonds is 1. The van der Waals surface area contributed by atoms with E-state index in [1.165, 1.54) is 19.0 Å². The third-order valence-electron chi connectivity index (χ3n) is 2.02. The van der Waals surface area contributed by atoms with Gasteiger partial charge in [-0.1, -0.05) is 0 Å². The fraction of sp³-hybridized carbons (Fsp3) is 0.857. The van der Waals surface area contributed by atoms with Gasteiger partial charge in [-0.2, -0.15) is 0 Å². The summed E-state index contributed by atoms with van der Waals surface area (Å²) in [6.45, 7) is 0. The van der Waals surface area contributed by atoms with Crippen LogP contribution in [0.1, 0.15) is 12.8 Å². The zero-order valence-corrected chi connectivity index (χ0v) is 6.60. The van der Waals surface area contributed by atoms with Crippen LogP contribution in [0.3, 0.4) is 0 Å². The first-order valence-corrected chi connectivity index (χ1v) is 3.54. The molecule has 1 fully saturated rings. The van der Waals surface area contributed by atoms with Gasteiger partial charge in [0, 0.05) is 20.5 Å². The molecule has 0 radical (unpaired) electrons. The van der Waals surface area contributed by atoms with E-state index in [1.807, 2.05) is 0 Å². The van der Waals surface area contributed by atoms with Gasteiger partial charge in [0.15, 0.2) is 0 Å². The Morgan fingerprint density at radius 3 is 2.18 bits per heavy atom. The summed E-state index contributed by atoms with van der Waals surface area (Å²) in [5, 5.41) is 0. The quantitative estimate of drug-likeness (QED) is 0.567. The number of amides is 1. The van der Waals surface area contributed by atoms with Crippen LogP contribution in [-0.4, -0.2) is 30.8 Å². The molecule has 1 aliphatic rings. The third kappa shape index (κ3) is 1.34. The molecule has 0 saturated heterocycles. The minimum absolute atomic E-state index is 0.142. The smallest absolute Gasteiger partial charge is 0.259 e. The molecule has 0 heterocycles. The lowest BCUT2D eigenvalue weighted by Crippen LogP contribution is -2.48. The van der Waals surface area contributed by atoms with E-state index in [9.17, 15) is 13.6 Å². The maximum atomic E-state index is 12.6. The highest BCUT2D eigenvalue weighted by Crippen LogP contribution is 2.43. The molecule has 1 rings (SSSR count). The highest BCUT2D eigenvalue weighted by atomic mass is 19.3. The lowest BCUT2D eigenvalue weighted by molar-refractivity contribution is -0.169. The van der Waals surface area contributed by atoms with Crippen molar-refractivity contribution in [1.29, 1.82) is 0 Å². The molecule has 1 atom stereocenters. The van der Waals surface area contributed by atoms with Crippen molar-refractivity contribution in [3.63, 3.8) is 0 Å². The number of carbonyl (C=O) groups excluding carboxylic acids is 1. The van der Waals surface area contributed by atoms with Crippen LogP contribution in [0.15, 0.2) is 0 Å². The number of halogens is 2. The number of alkyl halides is 2. The first-order valence-electron chi connectivity index (χ1n) is 3.54. The van der Waals surface area contributed by atoms with Crippen molar-refractivity contribution in [1.82, 2.24) is 4.90 Å². The van der Waals surface area contributed by atoms with Gasteiger partial charge in [0.2, 0.25) is 5.91 Å². The first-order chi connectivity index (χ1) is 4.95. The largest absolute Gasteiger partial charge is 0.348 e. The second kappa shape index (κ2) is 2.43. The predicted octanol–water partition coefficient (Wildman–Crippen LogP) is 1.12. The maximum absolute atomic E-state index is 12.6. The van der Waals surface area contributed by atoms with Crippen LogP contribution in [0.4, 0.5) is 8.78 Å². The monoisotopic (exact) mass is 163 g/mol. The van der Waals surface area contributed by atoms with E-state index in [1.54, 1.807) is 0 Å². The molecule has 4 heteroatoms. The molecule has 2 nitrogen and oxygen atoms in total. The van der Waals surface area contributed by atoms with Crippen molar-refractivity contribution >= 4 is 5.91 Å². The molecule has 0 N–H and O–H groups in total. The average Bonchev–Trinajstić information content (AvgIpc) is 1.85. The Morgan fingerprint density at radius 2 is 2.09 bits per heavy atom. The Morgan fingerprint density at radius 1 is 1.55 bits per heavy atom. The zero-order valence-electron chi connectivity index (χ0n) is 6.60. The SMILES string of the molecule is CN(C)C(=O)C1CCC1(F)F. The Balaban J connectivity index is 2.56. The number of hydrogen-bond donors (Lipinski definition) is 0. The van der Waals surface area contributed by atoms with Crippen molar-refractivity contribution in [3.8, 4) is 0 Å². The Hall–Kier alpha value is -0.670. The number of nitrogens with zero attached hydrogens (tertiary/aromatic N) is 1. The van der Waals surface area contributed by atoms with Crippen molar-refractivity contribution < 1.29 is 13.6 Å². The van der Waals surface area contributed by atoms with Gasteiger partial charge in [-0.25, -0.2) is 8.78 Å². The summed E-state index contributed by atoms with van der Waals surface area (Å²) in [7, 11) is 2.99. The molecule has 1 amide bonds. The summed E-state index contributed by atoms with van der Waals surface area (Å²) < 4.78 is 25.1. The summed E-state index contributed by atoms with van der Waals surface area (Å²) in [6, 6.07) is 0. The van der Waals surface area contributed by atoms with E-state index in [0.717, 1.165) is 0 Å².